The Labute approximate surface area is 116 Å². The molecule has 0 saturated carbocycles. The topological polar surface area (TPSA) is 17.1 Å². The second kappa shape index (κ2) is 6.12. The Morgan fingerprint density at radius 2 is 1.67 bits per heavy atom. The molecule has 0 spiro atoms. The summed E-state index contributed by atoms with van der Waals surface area (Å²) in [5, 5.41) is 2.12. The molecule has 0 fully saturated rings. The number of thioether (sulfide) groups is 2. The number of hydrogen-bond donors (Lipinski definition) is 0. The summed E-state index contributed by atoms with van der Waals surface area (Å²) in [7, 11) is 0. The molecule has 1 nitrogen and oxygen atoms in total. The van der Waals surface area contributed by atoms with Crippen LogP contribution in [0, 0.1) is 0 Å². The molecule has 92 valence electrons. The summed E-state index contributed by atoms with van der Waals surface area (Å²) >= 11 is 3.20. The minimum absolute atomic E-state index is 0.0745. The van der Waals surface area contributed by atoms with Crippen LogP contribution in [0.2, 0.25) is 0 Å². The van der Waals surface area contributed by atoms with Gasteiger partial charge >= 0.3 is 0 Å². The van der Waals surface area contributed by atoms with Gasteiger partial charge in [-0.3, -0.25) is 4.79 Å². The second-order valence-electron chi connectivity index (χ2n) is 3.76. The highest BCUT2D eigenvalue weighted by Crippen LogP contribution is 2.25. The van der Waals surface area contributed by atoms with E-state index >= 15 is 0 Å². The molecule has 2 aromatic rings. The number of carbonyl (C=O) groups excluding carboxylic acids is 1. The summed E-state index contributed by atoms with van der Waals surface area (Å²) in [6.07, 6.45) is 5.69. The maximum Gasteiger partial charge on any atom is 0.188 e. The molecule has 0 aliphatic rings. The number of carbonyl (C=O) groups is 1. The van der Waals surface area contributed by atoms with Crippen LogP contribution in [0.25, 0.3) is 10.8 Å². The molecule has 3 heteroatoms. The van der Waals surface area contributed by atoms with Crippen LogP contribution >= 0.6 is 23.5 Å². The highest BCUT2D eigenvalue weighted by molar-refractivity contribution is 8.21. The van der Waals surface area contributed by atoms with E-state index in [1.54, 1.807) is 29.6 Å². The van der Waals surface area contributed by atoms with E-state index in [-0.39, 0.29) is 5.78 Å². The molecule has 0 saturated heterocycles. The van der Waals surface area contributed by atoms with Crippen molar-refractivity contribution in [2.45, 2.75) is 0 Å². The minimum Gasteiger partial charge on any atom is -0.289 e. The summed E-state index contributed by atoms with van der Waals surface area (Å²) in [5.74, 6) is 0.0745. The Morgan fingerprint density at radius 3 is 2.39 bits per heavy atom. The normalized spacial score (nSPS) is 10.3. The van der Waals surface area contributed by atoms with Gasteiger partial charge in [-0.1, -0.05) is 42.5 Å². The monoisotopic (exact) mass is 274 g/mol. The third-order valence-corrected chi connectivity index (χ3v) is 4.75. The van der Waals surface area contributed by atoms with E-state index in [9.17, 15) is 4.79 Å². The standard InChI is InChI=1S/C15H14OS2/c1-17-15(18-2)10-14(16)13-9-5-7-11-6-3-4-8-12(11)13/h3-10H,1-2H3. The Morgan fingerprint density at radius 1 is 1.00 bits per heavy atom. The van der Waals surface area contributed by atoms with Gasteiger partial charge in [0, 0.05) is 15.9 Å². The first-order chi connectivity index (χ1) is 8.76. The van der Waals surface area contributed by atoms with Crippen LogP contribution in [-0.4, -0.2) is 18.3 Å². The van der Waals surface area contributed by atoms with Crippen LogP contribution in [-0.2, 0) is 0 Å². The molecule has 0 aromatic heterocycles. The molecule has 0 heterocycles. The summed E-state index contributed by atoms with van der Waals surface area (Å²) < 4.78 is 1.04. The van der Waals surface area contributed by atoms with Gasteiger partial charge in [0.1, 0.15) is 0 Å². The average Bonchev–Trinajstić information content (AvgIpc) is 2.43. The summed E-state index contributed by atoms with van der Waals surface area (Å²) in [4.78, 5) is 12.3. The highest BCUT2D eigenvalue weighted by Gasteiger charge is 2.08. The molecule has 2 aromatic carbocycles. The van der Waals surface area contributed by atoms with Crippen LogP contribution in [0.1, 0.15) is 10.4 Å². The summed E-state index contributed by atoms with van der Waals surface area (Å²) in [6.45, 7) is 0. The Bertz CT molecular complexity index is 591. The largest absolute Gasteiger partial charge is 0.289 e. The number of benzene rings is 2. The van der Waals surface area contributed by atoms with E-state index in [1.807, 2.05) is 55.0 Å². The van der Waals surface area contributed by atoms with Crippen molar-refractivity contribution in [3.63, 3.8) is 0 Å². The van der Waals surface area contributed by atoms with Gasteiger partial charge in [0.05, 0.1) is 0 Å². The van der Waals surface area contributed by atoms with Crippen LogP contribution in [0.3, 0.4) is 0 Å². The number of ketones is 1. The van der Waals surface area contributed by atoms with Crippen molar-refractivity contribution in [2.24, 2.45) is 0 Å². The van der Waals surface area contributed by atoms with Crippen molar-refractivity contribution >= 4 is 40.1 Å². The zero-order valence-corrected chi connectivity index (χ0v) is 12.0. The average molecular weight is 274 g/mol. The van der Waals surface area contributed by atoms with Gasteiger partial charge in [-0.25, -0.2) is 0 Å². The predicted octanol–water partition coefficient (Wildman–Crippen LogP) is 4.59. The lowest BCUT2D eigenvalue weighted by atomic mass is 10.0. The lowest BCUT2D eigenvalue weighted by molar-refractivity contribution is 0.104. The van der Waals surface area contributed by atoms with Gasteiger partial charge in [0.25, 0.3) is 0 Å². The fourth-order valence-electron chi connectivity index (χ4n) is 1.83. The molecule has 0 aliphatic heterocycles. The number of rotatable bonds is 4. The molecule has 0 atom stereocenters. The zero-order chi connectivity index (χ0) is 13.0. The first-order valence-corrected chi connectivity index (χ1v) is 8.03. The number of hydrogen-bond acceptors (Lipinski definition) is 3. The van der Waals surface area contributed by atoms with Crippen LogP contribution in [0.5, 0.6) is 0 Å². The van der Waals surface area contributed by atoms with Gasteiger partial charge < -0.3 is 0 Å². The van der Waals surface area contributed by atoms with Gasteiger partial charge in [-0.2, -0.15) is 0 Å². The van der Waals surface area contributed by atoms with E-state index in [4.69, 9.17) is 0 Å². The van der Waals surface area contributed by atoms with Gasteiger partial charge in [0.15, 0.2) is 5.78 Å². The lowest BCUT2D eigenvalue weighted by Gasteiger charge is -2.04. The molecule has 0 aliphatic carbocycles. The van der Waals surface area contributed by atoms with E-state index in [1.165, 1.54) is 0 Å². The second-order valence-corrected chi connectivity index (χ2v) is 5.72. The van der Waals surface area contributed by atoms with Gasteiger partial charge in [-0.05, 0) is 23.3 Å². The number of fused-ring (bicyclic) bond motifs is 1. The smallest absolute Gasteiger partial charge is 0.188 e. The first-order valence-electron chi connectivity index (χ1n) is 5.58. The lowest BCUT2D eigenvalue weighted by Crippen LogP contribution is -1.96. The molecule has 18 heavy (non-hydrogen) atoms. The molecule has 2 rings (SSSR count). The van der Waals surface area contributed by atoms with Crippen molar-refractivity contribution in [3.05, 3.63) is 58.3 Å². The molecule has 0 N–H and O–H groups in total. The van der Waals surface area contributed by atoms with Crippen molar-refractivity contribution < 1.29 is 4.79 Å². The Balaban J connectivity index is 2.48. The van der Waals surface area contributed by atoms with Crippen LogP contribution in [0.15, 0.2) is 52.8 Å². The third-order valence-electron chi connectivity index (χ3n) is 2.71. The van der Waals surface area contributed by atoms with Gasteiger partial charge in [-0.15, -0.1) is 23.5 Å². The Hall–Kier alpha value is -1.19. The van der Waals surface area contributed by atoms with E-state index < -0.39 is 0 Å². The van der Waals surface area contributed by atoms with Crippen molar-refractivity contribution in [1.82, 2.24) is 0 Å². The zero-order valence-electron chi connectivity index (χ0n) is 10.3. The van der Waals surface area contributed by atoms with Crippen molar-refractivity contribution in [2.75, 3.05) is 12.5 Å². The quantitative estimate of drug-likeness (QED) is 0.599. The molecule has 0 amide bonds. The summed E-state index contributed by atoms with van der Waals surface area (Å²) in [6, 6.07) is 13.8. The SMILES string of the molecule is CSC(=CC(=O)c1cccc2ccccc12)SC. The predicted molar refractivity (Wildman–Crippen MR) is 83.4 cm³/mol. The molecule has 0 unspecified atom stereocenters. The molecule has 0 radical (unpaired) electrons. The molecular formula is C15H14OS2. The van der Waals surface area contributed by atoms with E-state index in [2.05, 4.69) is 0 Å². The first kappa shape index (κ1) is 13.2. The molecule has 0 bridgehead atoms. The Kier molecular flexibility index (Phi) is 4.50. The van der Waals surface area contributed by atoms with Crippen molar-refractivity contribution in [3.8, 4) is 0 Å². The third kappa shape index (κ3) is 2.79. The maximum absolute atomic E-state index is 12.3. The number of allylic oxidation sites excluding steroid dienone is 1. The minimum atomic E-state index is 0.0745. The van der Waals surface area contributed by atoms with Crippen LogP contribution in [0.4, 0.5) is 0 Å². The van der Waals surface area contributed by atoms with Gasteiger partial charge in [0.2, 0.25) is 0 Å². The summed E-state index contributed by atoms with van der Waals surface area (Å²) in [5.41, 5.74) is 0.772. The molecular weight excluding hydrogens is 260 g/mol. The van der Waals surface area contributed by atoms with Crippen LogP contribution < -0.4 is 0 Å². The highest BCUT2D eigenvalue weighted by atomic mass is 32.2. The van der Waals surface area contributed by atoms with E-state index in [0.29, 0.717) is 0 Å². The van der Waals surface area contributed by atoms with E-state index in [0.717, 1.165) is 20.6 Å². The van der Waals surface area contributed by atoms with Crippen molar-refractivity contribution in [1.29, 1.82) is 0 Å². The fraction of sp³-hybridized carbons (Fsp3) is 0.133. The fourth-order valence-corrected chi connectivity index (χ4v) is 2.94. The maximum atomic E-state index is 12.3.